The van der Waals surface area contributed by atoms with Crippen LogP contribution in [0.3, 0.4) is 0 Å². The van der Waals surface area contributed by atoms with Crippen molar-refractivity contribution in [1.82, 2.24) is 4.57 Å². The second-order valence-corrected chi connectivity index (χ2v) is 11.3. The van der Waals surface area contributed by atoms with E-state index in [1.807, 2.05) is 12.1 Å². The molecular formula is C37H25NO. The highest BCUT2D eigenvalue weighted by Crippen LogP contribution is 2.53. The monoisotopic (exact) mass is 499 g/mol. The number of aromatic nitrogens is 1. The van der Waals surface area contributed by atoms with E-state index >= 15 is 0 Å². The fraction of sp³-hybridized carbons (Fsp3) is 0.0811. The van der Waals surface area contributed by atoms with Crippen LogP contribution in [0.5, 0.6) is 0 Å². The summed E-state index contributed by atoms with van der Waals surface area (Å²) in [5, 5.41) is 7.44. The molecule has 0 amide bonds. The van der Waals surface area contributed by atoms with Crippen molar-refractivity contribution in [2.24, 2.45) is 0 Å². The van der Waals surface area contributed by atoms with Crippen LogP contribution in [0.1, 0.15) is 25.0 Å². The molecule has 1 aliphatic carbocycles. The Hall–Kier alpha value is -4.82. The molecule has 0 saturated carbocycles. The van der Waals surface area contributed by atoms with Gasteiger partial charge in [0.25, 0.3) is 0 Å². The summed E-state index contributed by atoms with van der Waals surface area (Å²) in [4.78, 5) is 0. The molecule has 9 rings (SSSR count). The van der Waals surface area contributed by atoms with Gasteiger partial charge in [-0.15, -0.1) is 0 Å². The molecule has 184 valence electrons. The van der Waals surface area contributed by atoms with Gasteiger partial charge in [0.2, 0.25) is 0 Å². The Morgan fingerprint density at radius 3 is 2.23 bits per heavy atom. The Morgan fingerprint density at radius 1 is 0.590 bits per heavy atom. The first-order valence-corrected chi connectivity index (χ1v) is 13.6. The molecule has 0 N–H and O–H groups in total. The standard InChI is InChI=1S/C37H25NO/c1-37(2)29-12-6-3-11-28(29)35-30(37)20-16-22-15-18-27-24-9-4-7-13-31(24)38(36(27)34(22)35)23-17-19-26-25-10-5-8-14-32(25)39-33(26)21-23/h3-21H,1-2H3. The normalized spacial score (nSPS) is 14.1. The van der Waals surface area contributed by atoms with E-state index in [-0.39, 0.29) is 5.41 Å². The number of furan rings is 1. The highest BCUT2D eigenvalue weighted by atomic mass is 16.3. The molecule has 0 fully saturated rings. The Balaban J connectivity index is 1.48. The lowest BCUT2D eigenvalue weighted by molar-refractivity contribution is 0.661. The Kier molecular flexibility index (Phi) is 3.89. The van der Waals surface area contributed by atoms with Crippen LogP contribution in [0.25, 0.3) is 71.3 Å². The van der Waals surface area contributed by atoms with Crippen LogP contribution in [-0.4, -0.2) is 4.57 Å². The molecule has 0 unspecified atom stereocenters. The van der Waals surface area contributed by atoms with Crippen LogP contribution in [0.2, 0.25) is 0 Å². The van der Waals surface area contributed by atoms with Crippen LogP contribution in [-0.2, 0) is 5.41 Å². The summed E-state index contributed by atoms with van der Waals surface area (Å²) in [5.41, 5.74) is 10.9. The minimum absolute atomic E-state index is 0.0493. The van der Waals surface area contributed by atoms with Crippen molar-refractivity contribution in [3.8, 4) is 16.8 Å². The maximum absolute atomic E-state index is 6.34. The molecule has 0 saturated heterocycles. The lowest BCUT2D eigenvalue weighted by atomic mass is 9.82. The molecule has 2 heteroatoms. The second kappa shape index (κ2) is 7.18. The third kappa shape index (κ3) is 2.61. The van der Waals surface area contributed by atoms with Crippen molar-refractivity contribution in [3.63, 3.8) is 0 Å². The Morgan fingerprint density at radius 2 is 1.31 bits per heavy atom. The van der Waals surface area contributed by atoms with Crippen molar-refractivity contribution < 1.29 is 4.42 Å². The summed E-state index contributed by atoms with van der Waals surface area (Å²) in [6.45, 7) is 4.71. The zero-order valence-electron chi connectivity index (χ0n) is 21.8. The zero-order chi connectivity index (χ0) is 25.9. The first kappa shape index (κ1) is 21.2. The summed E-state index contributed by atoms with van der Waals surface area (Å²) in [7, 11) is 0. The fourth-order valence-electron chi connectivity index (χ4n) is 7.18. The Labute approximate surface area is 225 Å². The maximum Gasteiger partial charge on any atom is 0.137 e. The van der Waals surface area contributed by atoms with Gasteiger partial charge in [-0.1, -0.05) is 98.8 Å². The summed E-state index contributed by atoms with van der Waals surface area (Å²) in [6, 6.07) is 41.9. The van der Waals surface area contributed by atoms with Gasteiger partial charge in [-0.05, 0) is 51.9 Å². The van der Waals surface area contributed by atoms with E-state index in [4.69, 9.17) is 4.42 Å². The average molecular weight is 500 g/mol. The second-order valence-electron chi connectivity index (χ2n) is 11.3. The molecule has 0 aliphatic heterocycles. The smallest absolute Gasteiger partial charge is 0.137 e. The highest BCUT2D eigenvalue weighted by molar-refractivity contribution is 6.23. The molecule has 2 nitrogen and oxygen atoms in total. The van der Waals surface area contributed by atoms with E-state index in [0.29, 0.717) is 0 Å². The Bertz CT molecular complexity index is 2310. The van der Waals surface area contributed by atoms with Gasteiger partial charge in [-0.2, -0.15) is 0 Å². The van der Waals surface area contributed by atoms with Crippen molar-refractivity contribution in [1.29, 1.82) is 0 Å². The minimum atomic E-state index is -0.0493. The van der Waals surface area contributed by atoms with Crippen LogP contribution in [0, 0.1) is 0 Å². The molecule has 2 aromatic heterocycles. The molecule has 2 heterocycles. The molecule has 0 radical (unpaired) electrons. The number of rotatable bonds is 1. The molecule has 8 aromatic rings. The van der Waals surface area contributed by atoms with Crippen molar-refractivity contribution in [2.75, 3.05) is 0 Å². The summed E-state index contributed by atoms with van der Waals surface area (Å²) >= 11 is 0. The van der Waals surface area contributed by atoms with E-state index in [9.17, 15) is 0 Å². The van der Waals surface area contributed by atoms with Gasteiger partial charge in [0.05, 0.1) is 11.0 Å². The van der Waals surface area contributed by atoms with Crippen LogP contribution < -0.4 is 0 Å². The number of benzene rings is 6. The minimum Gasteiger partial charge on any atom is -0.456 e. The van der Waals surface area contributed by atoms with E-state index in [1.165, 1.54) is 54.8 Å². The average Bonchev–Trinajstić information content (AvgIpc) is 3.58. The zero-order valence-corrected chi connectivity index (χ0v) is 21.8. The van der Waals surface area contributed by atoms with Crippen molar-refractivity contribution >= 4 is 54.5 Å². The van der Waals surface area contributed by atoms with Gasteiger partial charge in [-0.25, -0.2) is 0 Å². The van der Waals surface area contributed by atoms with Gasteiger partial charge in [0.15, 0.2) is 0 Å². The van der Waals surface area contributed by atoms with E-state index in [2.05, 4.69) is 122 Å². The van der Waals surface area contributed by atoms with Gasteiger partial charge in [0, 0.05) is 44.1 Å². The number of fused-ring (bicyclic) bond motifs is 12. The molecule has 39 heavy (non-hydrogen) atoms. The highest BCUT2D eigenvalue weighted by Gasteiger charge is 2.36. The van der Waals surface area contributed by atoms with Gasteiger partial charge < -0.3 is 8.98 Å². The van der Waals surface area contributed by atoms with Gasteiger partial charge in [0.1, 0.15) is 11.2 Å². The number of hydrogen-bond acceptors (Lipinski definition) is 1. The number of nitrogens with zero attached hydrogens (tertiary/aromatic N) is 1. The van der Waals surface area contributed by atoms with E-state index in [1.54, 1.807) is 0 Å². The molecule has 0 spiro atoms. The largest absolute Gasteiger partial charge is 0.456 e. The van der Waals surface area contributed by atoms with Crippen LogP contribution in [0.15, 0.2) is 120 Å². The van der Waals surface area contributed by atoms with E-state index < -0.39 is 0 Å². The number of para-hydroxylation sites is 2. The molecule has 0 bridgehead atoms. The quantitative estimate of drug-likeness (QED) is 0.220. The topological polar surface area (TPSA) is 18.1 Å². The van der Waals surface area contributed by atoms with Gasteiger partial charge >= 0.3 is 0 Å². The lowest BCUT2D eigenvalue weighted by Crippen LogP contribution is -2.14. The maximum atomic E-state index is 6.34. The lowest BCUT2D eigenvalue weighted by Gasteiger charge is -2.21. The first-order valence-electron chi connectivity index (χ1n) is 13.6. The molecule has 6 aromatic carbocycles. The summed E-state index contributed by atoms with van der Waals surface area (Å²) < 4.78 is 8.79. The van der Waals surface area contributed by atoms with Crippen LogP contribution in [0.4, 0.5) is 0 Å². The number of hydrogen-bond donors (Lipinski definition) is 0. The van der Waals surface area contributed by atoms with E-state index in [0.717, 1.165) is 27.6 Å². The predicted molar refractivity (Wildman–Crippen MR) is 163 cm³/mol. The van der Waals surface area contributed by atoms with Crippen molar-refractivity contribution in [2.45, 2.75) is 19.3 Å². The first-order chi connectivity index (χ1) is 19.1. The molecule has 0 atom stereocenters. The summed E-state index contributed by atoms with van der Waals surface area (Å²) in [5.74, 6) is 0. The molecule has 1 aliphatic rings. The van der Waals surface area contributed by atoms with Crippen LogP contribution >= 0.6 is 0 Å². The molecular weight excluding hydrogens is 474 g/mol. The van der Waals surface area contributed by atoms with Crippen molar-refractivity contribution in [3.05, 3.63) is 126 Å². The third-order valence-corrected chi connectivity index (χ3v) is 8.98. The van der Waals surface area contributed by atoms with Gasteiger partial charge in [-0.3, -0.25) is 0 Å². The fourth-order valence-corrected chi connectivity index (χ4v) is 7.18. The third-order valence-electron chi connectivity index (χ3n) is 8.98. The SMILES string of the molecule is CC1(C)c2ccccc2-c2c1ccc1ccc3c4ccccc4n(-c4ccc5c(c4)oc4ccccc45)c3c21. The summed E-state index contributed by atoms with van der Waals surface area (Å²) in [6.07, 6.45) is 0. The predicted octanol–water partition coefficient (Wildman–Crippen LogP) is 10.1.